The van der Waals surface area contributed by atoms with Crippen molar-refractivity contribution in [3.05, 3.63) is 42.6 Å². The van der Waals surface area contributed by atoms with Crippen molar-refractivity contribution in [3.63, 3.8) is 0 Å². The Morgan fingerprint density at radius 3 is 2.62 bits per heavy atom. The minimum atomic E-state index is 0.278. The topological polar surface area (TPSA) is 98.8 Å². The summed E-state index contributed by atoms with van der Waals surface area (Å²) in [6, 6.07) is 2.64. The molecular formula is C25H37N9. The van der Waals surface area contributed by atoms with Gasteiger partial charge in [0.05, 0.1) is 24.3 Å². The molecule has 1 saturated heterocycles. The number of nitrogens with zero attached hydrogens (tertiary/aromatic N) is 7. The maximum Gasteiger partial charge on any atom is 0.198 e. The van der Waals surface area contributed by atoms with Crippen LogP contribution in [0.3, 0.4) is 0 Å². The smallest absolute Gasteiger partial charge is 0.198 e. The highest BCUT2D eigenvalue weighted by atomic mass is 15.3. The Morgan fingerprint density at radius 1 is 1.18 bits per heavy atom. The monoisotopic (exact) mass is 463 g/mol. The molecule has 3 heterocycles. The molecule has 9 heteroatoms. The minimum absolute atomic E-state index is 0.278. The second-order valence-corrected chi connectivity index (χ2v) is 9.12. The van der Waals surface area contributed by atoms with Crippen LogP contribution in [0.5, 0.6) is 0 Å². The van der Waals surface area contributed by atoms with E-state index in [0.717, 1.165) is 55.4 Å². The number of rotatable bonds is 7. The predicted molar refractivity (Wildman–Crippen MR) is 140 cm³/mol. The van der Waals surface area contributed by atoms with Crippen LogP contribution in [0.2, 0.25) is 0 Å². The highest BCUT2D eigenvalue weighted by molar-refractivity contribution is 5.92. The third-order valence-corrected chi connectivity index (χ3v) is 6.76. The summed E-state index contributed by atoms with van der Waals surface area (Å²) in [4.78, 5) is 24.9. The Labute approximate surface area is 202 Å². The third-order valence-electron chi connectivity index (χ3n) is 6.76. The standard InChI is InChI=1S/C25H37N9/c1-4-34(20-7-5-6-8-20)22-16-27-10-9-21(22)19(2)15-30-25(26)31-23-17-29-24(18-28-23)33-13-11-32(3)12-14-33/h9-10,15-18,20H,4-8,11-14H2,1-3H3,(H3,26,28,30,31)/b19-15+. The summed E-state index contributed by atoms with van der Waals surface area (Å²) in [5, 5.41) is 3.04. The van der Waals surface area contributed by atoms with Gasteiger partial charge in [0.1, 0.15) is 5.82 Å². The molecule has 9 nitrogen and oxygen atoms in total. The molecule has 182 valence electrons. The molecule has 0 aromatic carbocycles. The summed E-state index contributed by atoms with van der Waals surface area (Å²) in [7, 11) is 2.14. The van der Waals surface area contributed by atoms with Crippen LogP contribution in [0, 0.1) is 0 Å². The number of piperazine rings is 1. The molecule has 2 aromatic rings. The van der Waals surface area contributed by atoms with E-state index in [1.165, 1.54) is 25.7 Å². The first-order valence-electron chi connectivity index (χ1n) is 12.3. The fourth-order valence-corrected chi connectivity index (χ4v) is 4.77. The Morgan fingerprint density at radius 2 is 1.94 bits per heavy atom. The van der Waals surface area contributed by atoms with Crippen LogP contribution in [0.1, 0.15) is 45.1 Å². The molecule has 4 rings (SSSR count). The van der Waals surface area contributed by atoms with Gasteiger partial charge in [-0.25, -0.2) is 15.0 Å². The van der Waals surface area contributed by atoms with Crippen molar-refractivity contribution < 1.29 is 0 Å². The summed E-state index contributed by atoms with van der Waals surface area (Å²) in [6.45, 7) is 9.21. The summed E-state index contributed by atoms with van der Waals surface area (Å²) < 4.78 is 0. The van der Waals surface area contributed by atoms with E-state index in [9.17, 15) is 0 Å². The average Bonchev–Trinajstić information content (AvgIpc) is 3.39. The molecule has 2 aromatic heterocycles. The van der Waals surface area contributed by atoms with Crippen molar-refractivity contribution in [2.45, 2.75) is 45.6 Å². The van der Waals surface area contributed by atoms with Crippen LogP contribution in [0.25, 0.3) is 5.57 Å². The second-order valence-electron chi connectivity index (χ2n) is 9.12. The second kappa shape index (κ2) is 11.3. The number of pyridine rings is 1. The Hall–Kier alpha value is -3.20. The Bertz CT molecular complexity index is 988. The lowest BCUT2D eigenvalue weighted by Crippen LogP contribution is -2.44. The lowest BCUT2D eigenvalue weighted by Gasteiger charge is -2.32. The predicted octanol–water partition coefficient (Wildman–Crippen LogP) is 3.18. The first-order valence-corrected chi connectivity index (χ1v) is 12.3. The van der Waals surface area contributed by atoms with E-state index in [0.29, 0.717) is 11.9 Å². The largest absolute Gasteiger partial charge is 0.369 e. The summed E-state index contributed by atoms with van der Waals surface area (Å²) in [5.74, 6) is 1.74. The van der Waals surface area contributed by atoms with Gasteiger partial charge in [-0.1, -0.05) is 12.8 Å². The number of guanidine groups is 1. The van der Waals surface area contributed by atoms with E-state index in [4.69, 9.17) is 5.73 Å². The number of nitrogens with two attached hydrogens (primary N) is 1. The lowest BCUT2D eigenvalue weighted by atomic mass is 10.1. The number of nitrogens with one attached hydrogen (secondary N) is 1. The molecule has 0 amide bonds. The molecule has 0 radical (unpaired) electrons. The Balaban J connectivity index is 1.42. The molecule has 3 N–H and O–H groups in total. The fraction of sp³-hybridized carbons (Fsp3) is 0.520. The van der Waals surface area contributed by atoms with Crippen molar-refractivity contribution in [3.8, 4) is 0 Å². The lowest BCUT2D eigenvalue weighted by molar-refractivity contribution is 0.312. The van der Waals surface area contributed by atoms with Gasteiger partial charge in [0, 0.05) is 56.7 Å². The van der Waals surface area contributed by atoms with Gasteiger partial charge in [-0.05, 0) is 45.4 Å². The number of hydrogen-bond donors (Lipinski definition) is 2. The highest BCUT2D eigenvalue weighted by Crippen LogP contribution is 2.32. The molecule has 0 spiro atoms. The van der Waals surface area contributed by atoms with Crippen molar-refractivity contribution in [2.75, 3.05) is 54.9 Å². The van der Waals surface area contributed by atoms with Gasteiger partial charge in [-0.3, -0.25) is 4.98 Å². The zero-order chi connectivity index (χ0) is 23.9. The van der Waals surface area contributed by atoms with Gasteiger partial charge in [-0.15, -0.1) is 0 Å². The SMILES string of the molecule is CCN(c1cnccc1/C(C)=C/N=C(N)Nc1cnc(N2CCN(C)CC2)cn1)C1CCCC1. The summed E-state index contributed by atoms with van der Waals surface area (Å²) in [5.41, 5.74) is 9.48. The molecular weight excluding hydrogens is 426 g/mol. The molecule has 2 fully saturated rings. The normalized spacial score (nSPS) is 18.4. The van der Waals surface area contributed by atoms with Crippen molar-refractivity contribution in [2.24, 2.45) is 10.7 Å². The summed E-state index contributed by atoms with van der Waals surface area (Å²) >= 11 is 0. The van der Waals surface area contributed by atoms with E-state index in [1.807, 2.05) is 12.4 Å². The molecule has 0 atom stereocenters. The van der Waals surface area contributed by atoms with Gasteiger partial charge >= 0.3 is 0 Å². The molecule has 34 heavy (non-hydrogen) atoms. The fourth-order valence-electron chi connectivity index (χ4n) is 4.77. The Kier molecular flexibility index (Phi) is 7.95. The van der Waals surface area contributed by atoms with Gasteiger partial charge < -0.3 is 25.8 Å². The van der Waals surface area contributed by atoms with E-state index in [-0.39, 0.29) is 5.96 Å². The highest BCUT2D eigenvalue weighted by Gasteiger charge is 2.23. The third kappa shape index (κ3) is 5.83. The van der Waals surface area contributed by atoms with Crippen molar-refractivity contribution in [1.82, 2.24) is 19.9 Å². The van der Waals surface area contributed by atoms with Gasteiger partial charge in [0.25, 0.3) is 0 Å². The van der Waals surface area contributed by atoms with Crippen LogP contribution < -0.4 is 20.9 Å². The van der Waals surface area contributed by atoms with Crippen LogP contribution in [0.15, 0.2) is 42.0 Å². The molecule has 1 saturated carbocycles. The first kappa shape index (κ1) is 23.9. The molecule has 1 aliphatic heterocycles. The quantitative estimate of drug-likeness (QED) is 0.477. The van der Waals surface area contributed by atoms with E-state index in [1.54, 1.807) is 18.6 Å². The number of allylic oxidation sites excluding steroid dienone is 1. The van der Waals surface area contributed by atoms with Crippen LogP contribution in [0.4, 0.5) is 17.3 Å². The van der Waals surface area contributed by atoms with Crippen molar-refractivity contribution >= 4 is 28.9 Å². The van der Waals surface area contributed by atoms with Crippen LogP contribution in [-0.2, 0) is 0 Å². The number of anilines is 3. The zero-order valence-corrected chi connectivity index (χ0v) is 20.6. The maximum absolute atomic E-state index is 6.14. The molecule has 2 aliphatic rings. The number of aliphatic imine (C=N–C) groups is 1. The van der Waals surface area contributed by atoms with Crippen LogP contribution >= 0.6 is 0 Å². The first-order chi connectivity index (χ1) is 16.5. The number of likely N-dealkylation sites (N-methyl/N-ethyl adjacent to an activating group) is 1. The molecule has 0 bridgehead atoms. The van der Waals surface area contributed by atoms with Gasteiger partial charge in [0.2, 0.25) is 0 Å². The minimum Gasteiger partial charge on any atom is -0.369 e. The van der Waals surface area contributed by atoms with E-state index >= 15 is 0 Å². The number of aromatic nitrogens is 3. The van der Waals surface area contributed by atoms with E-state index in [2.05, 4.69) is 66.9 Å². The van der Waals surface area contributed by atoms with Gasteiger partial charge in [0.15, 0.2) is 11.8 Å². The maximum atomic E-state index is 6.14. The average molecular weight is 464 g/mol. The number of hydrogen-bond acceptors (Lipinski definition) is 7. The zero-order valence-electron chi connectivity index (χ0n) is 20.6. The molecule has 0 unspecified atom stereocenters. The summed E-state index contributed by atoms with van der Waals surface area (Å²) in [6.07, 6.45) is 14.2. The van der Waals surface area contributed by atoms with Crippen LogP contribution in [-0.4, -0.2) is 71.6 Å². The molecule has 1 aliphatic carbocycles. The van der Waals surface area contributed by atoms with Crippen molar-refractivity contribution in [1.29, 1.82) is 0 Å². The van der Waals surface area contributed by atoms with E-state index < -0.39 is 0 Å². The van der Waals surface area contributed by atoms with Gasteiger partial charge in [-0.2, -0.15) is 0 Å².